The normalized spacial score (nSPS) is 12.3. The molecule has 0 unspecified atom stereocenters. The van der Waals surface area contributed by atoms with Crippen molar-refractivity contribution in [2.45, 2.75) is 33.1 Å². The highest BCUT2D eigenvalue weighted by molar-refractivity contribution is 5.75. The van der Waals surface area contributed by atoms with E-state index in [0.29, 0.717) is 0 Å². The van der Waals surface area contributed by atoms with E-state index < -0.39 is 0 Å². The molecule has 3 nitrogen and oxygen atoms in total. The monoisotopic (exact) mass is 203 g/mol. The molecule has 3 heteroatoms. The van der Waals surface area contributed by atoms with Gasteiger partial charge in [-0.15, -0.1) is 0 Å². The standard InChI is InChI=1S/C12H17N3/c1-8-6-10-9(7-13-15(10)5)14-11(8)12(2,3)4/h6-7H,1-5H3. The molecule has 0 aliphatic heterocycles. The Balaban J connectivity index is 2.74. The summed E-state index contributed by atoms with van der Waals surface area (Å²) in [5.41, 5.74) is 4.56. The van der Waals surface area contributed by atoms with Crippen LogP contribution in [0.15, 0.2) is 12.3 Å². The van der Waals surface area contributed by atoms with Gasteiger partial charge in [0, 0.05) is 18.2 Å². The predicted octanol–water partition coefficient (Wildman–Crippen LogP) is 2.57. The van der Waals surface area contributed by atoms with Gasteiger partial charge < -0.3 is 0 Å². The van der Waals surface area contributed by atoms with Crippen LogP contribution in [0, 0.1) is 6.92 Å². The van der Waals surface area contributed by atoms with Gasteiger partial charge in [-0.2, -0.15) is 5.10 Å². The van der Waals surface area contributed by atoms with E-state index >= 15 is 0 Å². The lowest BCUT2D eigenvalue weighted by molar-refractivity contribution is 0.567. The third-order valence-corrected chi connectivity index (χ3v) is 2.63. The minimum atomic E-state index is 0.0914. The molecule has 0 fully saturated rings. The number of hydrogen-bond donors (Lipinski definition) is 0. The molecule has 0 aliphatic carbocycles. The number of aromatic nitrogens is 3. The van der Waals surface area contributed by atoms with Crippen LogP contribution >= 0.6 is 0 Å². The summed E-state index contributed by atoms with van der Waals surface area (Å²) in [5.74, 6) is 0. The number of hydrogen-bond acceptors (Lipinski definition) is 2. The maximum Gasteiger partial charge on any atom is 0.109 e. The largest absolute Gasteiger partial charge is 0.266 e. The molecule has 15 heavy (non-hydrogen) atoms. The van der Waals surface area contributed by atoms with Gasteiger partial charge in [-0.1, -0.05) is 20.8 Å². The molecule has 0 aliphatic rings. The van der Waals surface area contributed by atoms with E-state index in [1.165, 1.54) is 5.56 Å². The molecule has 0 radical (unpaired) electrons. The Morgan fingerprint density at radius 3 is 2.53 bits per heavy atom. The SMILES string of the molecule is Cc1cc2c(cnn2C)nc1C(C)(C)C. The summed E-state index contributed by atoms with van der Waals surface area (Å²) in [6, 6.07) is 2.16. The fourth-order valence-electron chi connectivity index (χ4n) is 1.93. The quantitative estimate of drug-likeness (QED) is 0.659. The first-order chi connectivity index (χ1) is 6.89. The van der Waals surface area contributed by atoms with Crippen LogP contribution < -0.4 is 0 Å². The summed E-state index contributed by atoms with van der Waals surface area (Å²) >= 11 is 0. The van der Waals surface area contributed by atoms with Crippen LogP contribution in [-0.4, -0.2) is 14.8 Å². The van der Waals surface area contributed by atoms with Crippen LogP contribution in [0.1, 0.15) is 32.0 Å². The second-order valence-corrected chi connectivity index (χ2v) is 5.08. The van der Waals surface area contributed by atoms with Gasteiger partial charge in [-0.3, -0.25) is 4.68 Å². The Hall–Kier alpha value is -1.38. The van der Waals surface area contributed by atoms with Gasteiger partial charge in [0.2, 0.25) is 0 Å². The first kappa shape index (κ1) is 10.1. The van der Waals surface area contributed by atoms with Gasteiger partial charge in [0.1, 0.15) is 5.52 Å². The lowest BCUT2D eigenvalue weighted by atomic mass is 9.88. The van der Waals surface area contributed by atoms with Crippen molar-refractivity contribution in [3.05, 3.63) is 23.5 Å². The third-order valence-electron chi connectivity index (χ3n) is 2.63. The summed E-state index contributed by atoms with van der Waals surface area (Å²) < 4.78 is 1.86. The Morgan fingerprint density at radius 1 is 1.27 bits per heavy atom. The van der Waals surface area contributed by atoms with Crippen molar-refractivity contribution in [1.82, 2.24) is 14.8 Å². The van der Waals surface area contributed by atoms with Crippen LogP contribution in [0.4, 0.5) is 0 Å². The predicted molar refractivity (Wildman–Crippen MR) is 61.9 cm³/mol. The fourth-order valence-corrected chi connectivity index (χ4v) is 1.93. The molecule has 0 bridgehead atoms. The van der Waals surface area contributed by atoms with Gasteiger partial charge in [-0.25, -0.2) is 4.98 Å². The number of nitrogens with zero attached hydrogens (tertiary/aromatic N) is 3. The zero-order valence-corrected chi connectivity index (χ0v) is 10.00. The van der Waals surface area contributed by atoms with Gasteiger partial charge in [0.25, 0.3) is 0 Å². The average Bonchev–Trinajstić information content (AvgIpc) is 2.45. The minimum Gasteiger partial charge on any atom is -0.266 e. The minimum absolute atomic E-state index is 0.0914. The molecular formula is C12H17N3. The molecule has 0 aromatic carbocycles. The highest BCUT2D eigenvalue weighted by Gasteiger charge is 2.19. The highest BCUT2D eigenvalue weighted by Crippen LogP contribution is 2.26. The van der Waals surface area contributed by atoms with E-state index in [9.17, 15) is 0 Å². The summed E-state index contributed by atoms with van der Waals surface area (Å²) in [6.45, 7) is 8.67. The van der Waals surface area contributed by atoms with Gasteiger partial charge in [-0.05, 0) is 18.6 Å². The second-order valence-electron chi connectivity index (χ2n) is 5.08. The zero-order chi connectivity index (χ0) is 11.2. The second kappa shape index (κ2) is 3.05. The maximum atomic E-state index is 4.68. The van der Waals surface area contributed by atoms with E-state index in [2.05, 4.69) is 43.8 Å². The van der Waals surface area contributed by atoms with Gasteiger partial charge in [0.05, 0.1) is 11.7 Å². The van der Waals surface area contributed by atoms with Crippen molar-refractivity contribution < 1.29 is 0 Å². The number of aryl methyl sites for hydroxylation is 2. The number of pyridine rings is 1. The number of rotatable bonds is 0. The zero-order valence-electron chi connectivity index (χ0n) is 10.00. The van der Waals surface area contributed by atoms with Crippen LogP contribution in [0.25, 0.3) is 11.0 Å². The number of fused-ring (bicyclic) bond motifs is 1. The smallest absolute Gasteiger partial charge is 0.109 e. The molecule has 0 atom stereocenters. The van der Waals surface area contributed by atoms with Gasteiger partial charge in [0.15, 0.2) is 0 Å². The van der Waals surface area contributed by atoms with Crippen molar-refractivity contribution in [2.75, 3.05) is 0 Å². The molecule has 2 heterocycles. The fraction of sp³-hybridized carbons (Fsp3) is 0.500. The molecule has 2 aromatic rings. The Bertz CT molecular complexity index is 503. The van der Waals surface area contributed by atoms with Crippen LogP contribution in [0.3, 0.4) is 0 Å². The highest BCUT2D eigenvalue weighted by atomic mass is 15.3. The average molecular weight is 203 g/mol. The van der Waals surface area contributed by atoms with E-state index in [-0.39, 0.29) is 5.41 Å². The third kappa shape index (κ3) is 1.62. The molecule has 0 N–H and O–H groups in total. The van der Waals surface area contributed by atoms with E-state index in [1.54, 1.807) is 0 Å². The molecule has 0 amide bonds. The Morgan fingerprint density at radius 2 is 1.93 bits per heavy atom. The van der Waals surface area contributed by atoms with E-state index in [0.717, 1.165) is 16.7 Å². The van der Waals surface area contributed by atoms with Crippen LogP contribution in [0.5, 0.6) is 0 Å². The van der Waals surface area contributed by atoms with Crippen LogP contribution in [-0.2, 0) is 12.5 Å². The molecule has 2 rings (SSSR count). The molecular weight excluding hydrogens is 186 g/mol. The van der Waals surface area contributed by atoms with Crippen molar-refractivity contribution >= 4 is 11.0 Å². The molecule has 80 valence electrons. The van der Waals surface area contributed by atoms with Crippen molar-refractivity contribution in [3.63, 3.8) is 0 Å². The van der Waals surface area contributed by atoms with Crippen LogP contribution in [0.2, 0.25) is 0 Å². The van der Waals surface area contributed by atoms with Gasteiger partial charge >= 0.3 is 0 Å². The van der Waals surface area contributed by atoms with Crippen molar-refractivity contribution in [3.8, 4) is 0 Å². The van der Waals surface area contributed by atoms with E-state index in [1.807, 2.05) is 17.9 Å². The van der Waals surface area contributed by atoms with Crippen molar-refractivity contribution in [2.24, 2.45) is 7.05 Å². The summed E-state index contributed by atoms with van der Waals surface area (Å²) in [6.07, 6.45) is 1.82. The Labute approximate surface area is 90.1 Å². The topological polar surface area (TPSA) is 30.7 Å². The van der Waals surface area contributed by atoms with E-state index in [4.69, 9.17) is 0 Å². The molecule has 0 saturated heterocycles. The molecule has 0 spiro atoms. The lowest BCUT2D eigenvalue weighted by Gasteiger charge is -2.20. The summed E-state index contributed by atoms with van der Waals surface area (Å²) in [7, 11) is 1.94. The summed E-state index contributed by atoms with van der Waals surface area (Å²) in [4.78, 5) is 4.68. The maximum absolute atomic E-state index is 4.68. The molecule has 2 aromatic heterocycles. The Kier molecular flexibility index (Phi) is 2.07. The first-order valence-corrected chi connectivity index (χ1v) is 5.19. The lowest BCUT2D eigenvalue weighted by Crippen LogP contribution is -2.15. The molecule has 0 saturated carbocycles. The summed E-state index contributed by atoms with van der Waals surface area (Å²) in [5, 5.41) is 4.21. The van der Waals surface area contributed by atoms with Crippen molar-refractivity contribution in [1.29, 1.82) is 0 Å². The first-order valence-electron chi connectivity index (χ1n) is 5.19.